The minimum atomic E-state index is -0.972. The van der Waals surface area contributed by atoms with Gasteiger partial charge in [-0.25, -0.2) is 4.79 Å². The Hall–Kier alpha value is -2.94. The van der Waals surface area contributed by atoms with Gasteiger partial charge in [0.05, 0.1) is 29.8 Å². The van der Waals surface area contributed by atoms with Gasteiger partial charge < -0.3 is 15.3 Å². The normalized spacial score (nSPS) is 24.8. The van der Waals surface area contributed by atoms with Crippen molar-refractivity contribution in [1.29, 1.82) is 5.26 Å². The molecule has 1 fully saturated rings. The summed E-state index contributed by atoms with van der Waals surface area (Å²) in [5, 5.41) is 39.6. The van der Waals surface area contributed by atoms with Crippen LogP contribution in [0, 0.1) is 29.1 Å². The largest absolute Gasteiger partial charge is 0.478 e. The molecule has 0 saturated heterocycles. The van der Waals surface area contributed by atoms with E-state index in [1.165, 1.54) is 0 Å². The molecular formula is C25H27NO4. The predicted molar refractivity (Wildman–Crippen MR) is 115 cm³/mol. The van der Waals surface area contributed by atoms with Gasteiger partial charge in [-0.3, -0.25) is 0 Å². The van der Waals surface area contributed by atoms with E-state index in [9.17, 15) is 20.3 Å². The van der Waals surface area contributed by atoms with Crippen LogP contribution in [0.5, 0.6) is 0 Å². The second kappa shape index (κ2) is 9.25. The van der Waals surface area contributed by atoms with Crippen LogP contribution in [0.25, 0.3) is 6.08 Å². The van der Waals surface area contributed by atoms with Crippen molar-refractivity contribution in [3.05, 3.63) is 76.9 Å². The molecule has 5 heteroatoms. The molecule has 2 aromatic rings. The molecule has 0 spiro atoms. The second-order valence-corrected chi connectivity index (χ2v) is 8.28. The topological polar surface area (TPSA) is 102 Å². The molecule has 3 N–H and O–H groups in total. The highest BCUT2D eigenvalue weighted by Gasteiger charge is 2.42. The third-order valence-corrected chi connectivity index (χ3v) is 5.92. The first-order valence-corrected chi connectivity index (χ1v) is 10.2. The Labute approximate surface area is 176 Å². The summed E-state index contributed by atoms with van der Waals surface area (Å²) >= 11 is 0. The maximum Gasteiger partial charge on any atom is 0.335 e. The number of carbonyl (C=O) groups is 1. The molecule has 0 heterocycles. The van der Waals surface area contributed by atoms with Crippen molar-refractivity contribution in [1.82, 2.24) is 0 Å². The van der Waals surface area contributed by atoms with E-state index in [-0.39, 0.29) is 29.2 Å². The van der Waals surface area contributed by atoms with Crippen molar-refractivity contribution in [2.45, 2.75) is 38.4 Å². The zero-order valence-electron chi connectivity index (χ0n) is 17.1. The molecule has 0 bridgehead atoms. The van der Waals surface area contributed by atoms with E-state index in [0.29, 0.717) is 6.42 Å². The van der Waals surface area contributed by atoms with E-state index in [2.05, 4.69) is 6.07 Å². The molecule has 5 atom stereocenters. The van der Waals surface area contributed by atoms with Gasteiger partial charge in [0.1, 0.15) is 0 Å². The summed E-state index contributed by atoms with van der Waals surface area (Å²) in [6.45, 7) is 3.92. The zero-order chi connectivity index (χ0) is 21.8. The predicted octanol–water partition coefficient (Wildman–Crippen LogP) is 4.39. The van der Waals surface area contributed by atoms with Crippen LogP contribution in [0.3, 0.4) is 0 Å². The molecule has 1 saturated carbocycles. The van der Waals surface area contributed by atoms with Crippen LogP contribution in [0.4, 0.5) is 0 Å². The number of benzene rings is 2. The maximum atomic E-state index is 11.0. The maximum absolute atomic E-state index is 11.0. The zero-order valence-corrected chi connectivity index (χ0v) is 17.1. The molecule has 2 aromatic carbocycles. The van der Waals surface area contributed by atoms with Crippen LogP contribution in [0.2, 0.25) is 0 Å². The molecule has 0 aromatic heterocycles. The summed E-state index contributed by atoms with van der Waals surface area (Å²) in [6.07, 6.45) is 3.07. The highest BCUT2D eigenvalue weighted by atomic mass is 16.4. The molecule has 30 heavy (non-hydrogen) atoms. The quantitative estimate of drug-likeness (QED) is 0.661. The van der Waals surface area contributed by atoms with Gasteiger partial charge in [0.2, 0.25) is 0 Å². The number of nitrogens with zero attached hydrogens (tertiary/aromatic N) is 1. The van der Waals surface area contributed by atoms with E-state index in [1.54, 1.807) is 24.3 Å². The van der Waals surface area contributed by atoms with Crippen molar-refractivity contribution in [3.8, 4) is 6.07 Å². The number of aliphatic hydroxyl groups excluding tert-OH is 2. The molecule has 0 radical (unpaired) electrons. The first kappa shape index (κ1) is 21.8. The molecule has 3 unspecified atom stereocenters. The highest BCUT2D eigenvalue weighted by molar-refractivity contribution is 5.87. The van der Waals surface area contributed by atoms with Gasteiger partial charge in [0, 0.05) is 11.8 Å². The number of carboxylic acid groups (broad SMARTS) is 1. The second-order valence-electron chi connectivity index (χ2n) is 8.28. The van der Waals surface area contributed by atoms with Gasteiger partial charge in [-0.2, -0.15) is 5.26 Å². The van der Waals surface area contributed by atoms with Gasteiger partial charge in [-0.1, -0.05) is 62.4 Å². The first-order valence-electron chi connectivity index (χ1n) is 10.2. The fourth-order valence-electron chi connectivity index (χ4n) is 4.17. The van der Waals surface area contributed by atoms with Crippen molar-refractivity contribution in [3.63, 3.8) is 0 Å². The number of allylic oxidation sites excluding steroid dienone is 1. The molecule has 156 valence electrons. The Morgan fingerprint density at radius 1 is 1.13 bits per heavy atom. The molecule has 1 aliphatic carbocycles. The number of nitriles is 1. The van der Waals surface area contributed by atoms with Crippen LogP contribution >= 0.6 is 0 Å². The van der Waals surface area contributed by atoms with Crippen LogP contribution in [-0.2, 0) is 0 Å². The van der Waals surface area contributed by atoms with E-state index in [4.69, 9.17) is 5.11 Å². The van der Waals surface area contributed by atoms with Gasteiger partial charge in [0.25, 0.3) is 0 Å². The lowest BCUT2D eigenvalue weighted by Crippen LogP contribution is -2.17. The Morgan fingerprint density at radius 3 is 2.30 bits per heavy atom. The Balaban J connectivity index is 1.85. The third-order valence-electron chi connectivity index (χ3n) is 5.92. The Kier molecular flexibility index (Phi) is 6.71. The SMILES string of the molecule is CC(C)C(O)c1ccc(C2C(/C=C/c3ccc(C(=O)O)cc3)[C@H](C#N)C[C@H]2O)cc1. The van der Waals surface area contributed by atoms with E-state index in [0.717, 1.165) is 16.7 Å². The molecule has 3 rings (SSSR count). The smallest absolute Gasteiger partial charge is 0.335 e. The number of aromatic carboxylic acids is 1. The summed E-state index contributed by atoms with van der Waals surface area (Å²) in [6, 6.07) is 16.5. The highest BCUT2D eigenvalue weighted by Crippen LogP contribution is 2.45. The van der Waals surface area contributed by atoms with Crippen LogP contribution in [-0.4, -0.2) is 27.4 Å². The third kappa shape index (κ3) is 4.62. The van der Waals surface area contributed by atoms with Crippen molar-refractivity contribution in [2.75, 3.05) is 0 Å². The number of aliphatic hydroxyl groups is 2. The van der Waals surface area contributed by atoms with Gasteiger partial charge in [-0.05, 0) is 41.2 Å². The van der Waals surface area contributed by atoms with Crippen molar-refractivity contribution >= 4 is 12.0 Å². The lowest BCUT2D eigenvalue weighted by Gasteiger charge is -2.22. The fraction of sp³-hybridized carbons (Fsp3) is 0.360. The summed E-state index contributed by atoms with van der Waals surface area (Å²) in [5.41, 5.74) is 2.84. The standard InChI is InChI=1S/C25H27NO4/c1-15(2)24(28)18-10-8-17(9-11-18)23-21(20(14-26)13-22(23)27)12-5-16-3-6-19(7-4-16)25(29)30/h3-12,15,20-24,27-28H,13H2,1-2H3,(H,29,30)/b12-5+/t20-,21?,22+,23?,24?/m0/s1. The van der Waals surface area contributed by atoms with Crippen LogP contribution in [0.1, 0.15) is 59.3 Å². The first-order chi connectivity index (χ1) is 14.3. The summed E-state index contributed by atoms with van der Waals surface area (Å²) in [5.74, 6) is -1.54. The average Bonchev–Trinajstić information content (AvgIpc) is 3.07. The number of rotatable bonds is 6. The Bertz CT molecular complexity index is 941. The number of hydrogen-bond acceptors (Lipinski definition) is 4. The average molecular weight is 405 g/mol. The molecular weight excluding hydrogens is 378 g/mol. The minimum Gasteiger partial charge on any atom is -0.478 e. The monoisotopic (exact) mass is 405 g/mol. The molecule has 1 aliphatic rings. The van der Waals surface area contributed by atoms with Crippen LogP contribution in [0.15, 0.2) is 54.6 Å². The van der Waals surface area contributed by atoms with Gasteiger partial charge in [0.15, 0.2) is 0 Å². The van der Waals surface area contributed by atoms with Gasteiger partial charge >= 0.3 is 5.97 Å². The lowest BCUT2D eigenvalue weighted by molar-refractivity contribution is 0.0697. The molecule has 0 aliphatic heterocycles. The summed E-state index contributed by atoms with van der Waals surface area (Å²) < 4.78 is 0. The van der Waals surface area contributed by atoms with E-state index in [1.807, 2.05) is 50.3 Å². The van der Waals surface area contributed by atoms with Gasteiger partial charge in [-0.15, -0.1) is 0 Å². The van der Waals surface area contributed by atoms with Crippen LogP contribution < -0.4 is 0 Å². The van der Waals surface area contributed by atoms with Crippen molar-refractivity contribution < 1.29 is 20.1 Å². The van der Waals surface area contributed by atoms with Crippen molar-refractivity contribution in [2.24, 2.45) is 17.8 Å². The molecule has 5 nitrogen and oxygen atoms in total. The number of hydrogen-bond donors (Lipinski definition) is 3. The minimum absolute atomic E-state index is 0.110. The number of carboxylic acids is 1. The van der Waals surface area contributed by atoms with E-state index < -0.39 is 18.2 Å². The molecule has 0 amide bonds. The summed E-state index contributed by atoms with van der Waals surface area (Å²) in [4.78, 5) is 11.0. The Morgan fingerprint density at radius 2 is 1.77 bits per heavy atom. The summed E-state index contributed by atoms with van der Waals surface area (Å²) in [7, 11) is 0. The lowest BCUT2D eigenvalue weighted by atomic mass is 9.83. The fourth-order valence-corrected chi connectivity index (χ4v) is 4.17. The van der Waals surface area contributed by atoms with E-state index >= 15 is 0 Å².